The Morgan fingerprint density at radius 2 is 1.93 bits per heavy atom. The van der Waals surface area contributed by atoms with Crippen LogP contribution in [0.5, 0.6) is 11.5 Å². The molecular weight excluding hydrogens is 384 g/mol. The van der Waals surface area contributed by atoms with Crippen LogP contribution in [0.2, 0.25) is 0 Å². The second-order valence-electron chi connectivity index (χ2n) is 7.05. The van der Waals surface area contributed by atoms with Crippen LogP contribution in [0.15, 0.2) is 58.7 Å². The van der Waals surface area contributed by atoms with Gasteiger partial charge in [0.2, 0.25) is 5.88 Å². The molecule has 1 aromatic heterocycles. The summed E-state index contributed by atoms with van der Waals surface area (Å²) < 4.78 is 16.3. The smallest absolute Gasteiger partial charge is 0.340 e. The van der Waals surface area contributed by atoms with E-state index in [1.54, 1.807) is 38.3 Å². The highest BCUT2D eigenvalue weighted by molar-refractivity contribution is 5.95. The molecule has 0 saturated carbocycles. The average molecular weight is 406 g/mol. The van der Waals surface area contributed by atoms with Gasteiger partial charge in [0.1, 0.15) is 17.1 Å². The van der Waals surface area contributed by atoms with Crippen LogP contribution >= 0.6 is 0 Å². The number of benzene rings is 2. The van der Waals surface area contributed by atoms with Crippen molar-refractivity contribution in [3.05, 3.63) is 81.0 Å². The van der Waals surface area contributed by atoms with Crippen LogP contribution in [0, 0.1) is 6.92 Å². The molecule has 1 aliphatic rings. The van der Waals surface area contributed by atoms with Crippen molar-refractivity contribution in [2.45, 2.75) is 19.8 Å². The molecule has 0 amide bonds. The number of carbonyl (C=O) groups is 1. The van der Waals surface area contributed by atoms with Crippen molar-refractivity contribution in [2.24, 2.45) is 5.73 Å². The zero-order chi connectivity index (χ0) is 21.4. The Labute approximate surface area is 173 Å². The van der Waals surface area contributed by atoms with Gasteiger partial charge in [-0.3, -0.25) is 4.79 Å². The molecule has 0 radical (unpaired) electrons. The third-order valence-corrected chi connectivity index (χ3v) is 5.16. The van der Waals surface area contributed by atoms with Gasteiger partial charge >= 0.3 is 5.97 Å². The Morgan fingerprint density at radius 1 is 1.20 bits per heavy atom. The Morgan fingerprint density at radius 3 is 2.60 bits per heavy atom. The molecule has 3 N–H and O–H groups in total. The number of fused-ring (bicyclic) bond motifs is 3. The number of pyridine rings is 1. The molecule has 2 aromatic carbocycles. The molecule has 30 heavy (non-hydrogen) atoms. The highest BCUT2D eigenvalue weighted by atomic mass is 16.5. The van der Waals surface area contributed by atoms with Crippen LogP contribution in [-0.4, -0.2) is 24.7 Å². The Hall–Kier alpha value is -3.74. The molecule has 0 fully saturated rings. The molecule has 2 heterocycles. The first-order valence-corrected chi connectivity index (χ1v) is 9.59. The van der Waals surface area contributed by atoms with E-state index in [0.717, 1.165) is 5.56 Å². The van der Waals surface area contributed by atoms with Crippen molar-refractivity contribution in [3.63, 3.8) is 0 Å². The number of nitrogens with one attached hydrogen (secondary N) is 1. The molecule has 1 aliphatic heterocycles. The van der Waals surface area contributed by atoms with Crippen molar-refractivity contribution in [3.8, 4) is 11.5 Å². The van der Waals surface area contributed by atoms with Gasteiger partial charge in [-0.15, -0.1) is 0 Å². The molecule has 0 saturated heterocycles. The molecule has 0 aliphatic carbocycles. The third-order valence-electron chi connectivity index (χ3n) is 5.16. The zero-order valence-corrected chi connectivity index (χ0v) is 16.9. The van der Waals surface area contributed by atoms with E-state index in [1.807, 2.05) is 25.1 Å². The number of hydrogen-bond acceptors (Lipinski definition) is 6. The number of rotatable bonds is 4. The second kappa shape index (κ2) is 7.59. The summed E-state index contributed by atoms with van der Waals surface area (Å²) in [4.78, 5) is 28.8. The molecule has 0 spiro atoms. The summed E-state index contributed by atoms with van der Waals surface area (Å²) in [6.45, 7) is 3.83. The molecular formula is C23H22N2O5. The minimum absolute atomic E-state index is 0.0739. The summed E-state index contributed by atoms with van der Waals surface area (Å²) in [6, 6.07) is 12.8. The summed E-state index contributed by atoms with van der Waals surface area (Å²) in [5, 5.41) is 0.717. The second-order valence-corrected chi connectivity index (χ2v) is 7.05. The van der Waals surface area contributed by atoms with Crippen molar-refractivity contribution >= 4 is 16.9 Å². The summed E-state index contributed by atoms with van der Waals surface area (Å²) >= 11 is 0. The van der Waals surface area contributed by atoms with Crippen molar-refractivity contribution in [1.29, 1.82) is 0 Å². The van der Waals surface area contributed by atoms with E-state index in [2.05, 4.69) is 4.98 Å². The number of aromatic nitrogens is 1. The maximum atomic E-state index is 13.1. The van der Waals surface area contributed by atoms with E-state index < -0.39 is 11.9 Å². The van der Waals surface area contributed by atoms with Crippen molar-refractivity contribution in [1.82, 2.24) is 4.98 Å². The minimum Gasteiger partial charge on any atom is -0.497 e. The fourth-order valence-electron chi connectivity index (χ4n) is 3.77. The maximum absolute atomic E-state index is 13.1. The van der Waals surface area contributed by atoms with E-state index in [0.29, 0.717) is 33.5 Å². The lowest BCUT2D eigenvalue weighted by atomic mass is 9.83. The molecule has 0 unspecified atom stereocenters. The zero-order valence-electron chi connectivity index (χ0n) is 16.9. The standard InChI is InChI=1S/C23H22N2O5/c1-4-29-23(27)19-17(13-6-8-14(28-3)9-7-13)18-20(30-21(19)24)15-11-12(2)5-10-16(15)25-22(18)26/h5-11,17H,4,24H2,1-3H3,(H,25,26)/t17-/m1/s1. The number of methoxy groups -OCH3 is 1. The Bertz CT molecular complexity index is 1220. The first-order valence-electron chi connectivity index (χ1n) is 9.59. The number of carbonyl (C=O) groups excluding carboxylic acids is 1. The largest absolute Gasteiger partial charge is 0.497 e. The highest BCUT2D eigenvalue weighted by Crippen LogP contribution is 2.44. The normalized spacial score (nSPS) is 15.5. The first-order chi connectivity index (χ1) is 14.4. The lowest BCUT2D eigenvalue weighted by molar-refractivity contribution is -0.139. The summed E-state index contributed by atoms with van der Waals surface area (Å²) in [5.74, 6) is -0.430. The van der Waals surface area contributed by atoms with Crippen LogP contribution in [0.4, 0.5) is 0 Å². The van der Waals surface area contributed by atoms with E-state index in [9.17, 15) is 9.59 Å². The number of ether oxygens (including phenoxy) is 3. The summed E-state index contributed by atoms with van der Waals surface area (Å²) in [6.07, 6.45) is 0. The van der Waals surface area contributed by atoms with E-state index >= 15 is 0 Å². The fourth-order valence-corrected chi connectivity index (χ4v) is 3.77. The summed E-state index contributed by atoms with van der Waals surface area (Å²) in [5.41, 5.74) is 8.60. The molecule has 0 bridgehead atoms. The van der Waals surface area contributed by atoms with Crippen molar-refractivity contribution in [2.75, 3.05) is 13.7 Å². The molecule has 154 valence electrons. The number of nitrogens with two attached hydrogens (primary N) is 1. The van der Waals surface area contributed by atoms with Crippen molar-refractivity contribution < 1.29 is 19.0 Å². The van der Waals surface area contributed by atoms with Crippen LogP contribution in [0.1, 0.15) is 29.5 Å². The fraction of sp³-hybridized carbons (Fsp3) is 0.217. The van der Waals surface area contributed by atoms with E-state index in [4.69, 9.17) is 19.9 Å². The number of aryl methyl sites for hydroxylation is 1. The van der Waals surface area contributed by atoms with Gasteiger partial charge < -0.3 is 24.9 Å². The lowest BCUT2D eigenvalue weighted by Crippen LogP contribution is -2.32. The quantitative estimate of drug-likeness (QED) is 0.646. The topological polar surface area (TPSA) is 104 Å². The van der Waals surface area contributed by atoms with Gasteiger partial charge in [0.15, 0.2) is 0 Å². The maximum Gasteiger partial charge on any atom is 0.340 e. The molecule has 7 nitrogen and oxygen atoms in total. The number of hydrogen-bond donors (Lipinski definition) is 2. The number of H-pyrrole nitrogens is 1. The molecule has 7 heteroatoms. The van der Waals surface area contributed by atoms with E-state index in [-0.39, 0.29) is 23.6 Å². The Balaban J connectivity index is 2.02. The van der Waals surface area contributed by atoms with Crippen LogP contribution < -0.4 is 20.8 Å². The highest BCUT2D eigenvalue weighted by Gasteiger charge is 2.38. The molecule has 3 aromatic rings. The van der Waals surface area contributed by atoms with Gasteiger partial charge in [-0.2, -0.15) is 0 Å². The van der Waals surface area contributed by atoms with Crippen LogP contribution in [-0.2, 0) is 9.53 Å². The number of esters is 1. The van der Waals surface area contributed by atoms with Gasteiger partial charge in [0.25, 0.3) is 5.56 Å². The number of aromatic amines is 1. The van der Waals surface area contributed by atoms with Gasteiger partial charge in [-0.25, -0.2) is 4.79 Å². The molecule has 4 rings (SSSR count). The monoisotopic (exact) mass is 406 g/mol. The summed E-state index contributed by atoms with van der Waals surface area (Å²) in [7, 11) is 1.57. The van der Waals surface area contributed by atoms with Gasteiger partial charge in [-0.1, -0.05) is 23.8 Å². The Kier molecular flexibility index (Phi) is 4.95. The van der Waals surface area contributed by atoms with Crippen LogP contribution in [0.25, 0.3) is 10.9 Å². The van der Waals surface area contributed by atoms with E-state index in [1.165, 1.54) is 0 Å². The predicted octanol–water partition coefficient (Wildman–Crippen LogP) is 3.10. The predicted molar refractivity (Wildman–Crippen MR) is 113 cm³/mol. The van der Waals surface area contributed by atoms with Gasteiger partial charge in [0, 0.05) is 5.39 Å². The lowest BCUT2D eigenvalue weighted by Gasteiger charge is -2.28. The molecule has 1 atom stereocenters. The SMILES string of the molecule is CCOC(=O)C1=C(N)Oc2c(c(=O)[nH]c3ccc(C)cc23)[C@H]1c1ccc(OC)cc1. The van der Waals surface area contributed by atoms with Crippen LogP contribution in [0.3, 0.4) is 0 Å². The third kappa shape index (κ3) is 3.18. The average Bonchev–Trinajstić information content (AvgIpc) is 2.73. The van der Waals surface area contributed by atoms with Gasteiger partial charge in [0.05, 0.1) is 30.7 Å². The van der Waals surface area contributed by atoms with Gasteiger partial charge in [-0.05, 0) is 43.7 Å². The minimum atomic E-state index is -0.743. The first kappa shape index (κ1) is 19.6.